The van der Waals surface area contributed by atoms with Crippen molar-refractivity contribution in [2.75, 3.05) is 27.4 Å². The average molecular weight is 1290 g/mol. The largest absolute Gasteiger partial charge is 1.00 e. The number of carbonyl (C=O) groups excluding carboxylic acids is 3. The van der Waals surface area contributed by atoms with Crippen LogP contribution in [0.1, 0.15) is 94.1 Å². The molecule has 402 valence electrons. The van der Waals surface area contributed by atoms with Crippen LogP contribution in [0.15, 0.2) is 150 Å². The summed E-state index contributed by atoms with van der Waals surface area (Å²) in [5.41, 5.74) is 7.76. The third-order valence-corrected chi connectivity index (χ3v) is 15.7. The second-order valence-corrected chi connectivity index (χ2v) is 21.9. The number of aliphatic hydroxyl groups excluding tert-OH is 1. The first-order chi connectivity index (χ1) is 35.5. The first-order valence-electron chi connectivity index (χ1n) is 22.0. The Balaban J connectivity index is 0.000000899. The molecule has 4 aromatic heterocycles. The summed E-state index contributed by atoms with van der Waals surface area (Å²) in [5, 5.41) is 8.99. The van der Waals surface area contributed by atoms with Crippen LogP contribution >= 0.6 is 108 Å². The second kappa shape index (κ2) is 43.1. The van der Waals surface area contributed by atoms with E-state index in [9.17, 15) is 27.3 Å². The molecule has 0 aliphatic rings. The quantitative estimate of drug-likeness (QED) is 0.0563. The zero-order valence-electron chi connectivity index (χ0n) is 41.5. The first kappa shape index (κ1) is 73.2. The Morgan fingerprint density at radius 3 is 1.26 bits per heavy atom. The van der Waals surface area contributed by atoms with Crippen LogP contribution in [0, 0.1) is 6.92 Å². The number of methoxy groups -OCH3 is 2. The number of hydrogen-bond acceptors (Lipinski definition) is 11. The summed E-state index contributed by atoms with van der Waals surface area (Å²) < 4.78 is 46.4. The van der Waals surface area contributed by atoms with E-state index in [4.69, 9.17) is 56.2 Å². The molecule has 0 atom stereocenters. The second-order valence-electron chi connectivity index (χ2n) is 14.4. The summed E-state index contributed by atoms with van der Waals surface area (Å²) in [5.74, 6) is -0.696. The molecule has 0 unspecified atom stereocenters. The van der Waals surface area contributed by atoms with Gasteiger partial charge in [0.05, 0.1) is 38.7 Å². The Bertz CT molecular complexity index is 2790. The monoisotopic (exact) mass is 1280 g/mol. The third kappa shape index (κ3) is 30.5. The number of halogens is 8. The van der Waals surface area contributed by atoms with Crippen LogP contribution < -0.4 is 51.4 Å². The fourth-order valence-electron chi connectivity index (χ4n) is 5.67. The van der Waals surface area contributed by atoms with Crippen molar-refractivity contribution >= 4 is 133 Å². The summed E-state index contributed by atoms with van der Waals surface area (Å²) in [4.78, 5) is 35.5. The van der Waals surface area contributed by atoms with Crippen LogP contribution in [0.25, 0.3) is 0 Å². The molecule has 4 heterocycles. The molecule has 8 rings (SSSR count). The molecule has 0 radical (unpaired) electrons. The number of rotatable bonds is 12. The van der Waals surface area contributed by atoms with Crippen LogP contribution in [0.2, 0.25) is 17.3 Å². The van der Waals surface area contributed by atoms with Crippen molar-refractivity contribution in [3.8, 4) is 0 Å². The van der Waals surface area contributed by atoms with E-state index < -0.39 is 7.54 Å². The van der Waals surface area contributed by atoms with Gasteiger partial charge in [-0.25, -0.2) is 9.59 Å². The molecule has 0 aliphatic carbocycles. The summed E-state index contributed by atoms with van der Waals surface area (Å²) in [6.07, 6.45) is 3.18. The van der Waals surface area contributed by atoms with Crippen molar-refractivity contribution in [1.29, 1.82) is 0 Å². The van der Waals surface area contributed by atoms with Gasteiger partial charge >= 0.3 is 70.9 Å². The maximum Gasteiger partial charge on any atom is 1.00 e. The Kier molecular flexibility index (Phi) is 41.5. The van der Waals surface area contributed by atoms with Crippen molar-refractivity contribution in [1.82, 2.24) is 0 Å². The summed E-state index contributed by atoms with van der Waals surface area (Å²) >= 11 is 32.3. The molecule has 0 saturated carbocycles. The van der Waals surface area contributed by atoms with Crippen LogP contribution in [-0.2, 0) is 40.1 Å². The van der Waals surface area contributed by atoms with Gasteiger partial charge in [0.2, 0.25) is 0 Å². The number of esters is 2. The minimum atomic E-state index is -3.67. The van der Waals surface area contributed by atoms with Crippen molar-refractivity contribution in [2.24, 2.45) is 0 Å². The number of aldehydes is 1. The van der Waals surface area contributed by atoms with Crippen molar-refractivity contribution in [3.05, 3.63) is 233 Å². The van der Waals surface area contributed by atoms with E-state index in [1.807, 2.05) is 123 Å². The zero-order chi connectivity index (χ0) is 54.8. The van der Waals surface area contributed by atoms with E-state index in [0.717, 1.165) is 74.7 Å². The van der Waals surface area contributed by atoms with Gasteiger partial charge < -0.3 is 19.3 Å². The van der Waals surface area contributed by atoms with Crippen LogP contribution in [0.5, 0.6) is 0 Å². The minimum absolute atomic E-state index is 0. The molecule has 4 aromatic carbocycles. The van der Waals surface area contributed by atoms with E-state index in [0.29, 0.717) is 27.6 Å². The molecular weight excluding hydrogens is 1230 g/mol. The van der Waals surface area contributed by atoms with E-state index in [-0.39, 0.29) is 77.4 Å². The van der Waals surface area contributed by atoms with E-state index in [2.05, 4.69) is 56.6 Å². The summed E-state index contributed by atoms with van der Waals surface area (Å²) in [6.45, 7) is 9.46. The number of hydrogen-bond donors (Lipinski definition) is 1. The zero-order valence-corrected chi connectivity index (χ0v) is 52.5. The van der Waals surface area contributed by atoms with Gasteiger partial charge in [-0.2, -0.15) is 24.6 Å². The van der Waals surface area contributed by atoms with Gasteiger partial charge in [0.1, 0.15) is 14.1 Å². The topological polar surface area (TPSA) is 99.1 Å². The Labute approximate surface area is 532 Å². The third-order valence-electron chi connectivity index (χ3n) is 9.00. The van der Waals surface area contributed by atoms with E-state index in [1.165, 1.54) is 76.3 Å². The minimum Gasteiger partial charge on any atom is -0.465 e. The molecule has 0 bridgehead atoms. The maximum atomic E-state index is 11.4. The van der Waals surface area contributed by atoms with Crippen LogP contribution in [0.4, 0.5) is 12.9 Å². The van der Waals surface area contributed by atoms with Gasteiger partial charge in [0.15, 0.2) is 6.29 Å². The fourth-order valence-corrected chi connectivity index (χ4v) is 10.8. The Morgan fingerprint density at radius 1 is 0.605 bits per heavy atom. The Hall–Kier alpha value is -2.79. The molecular formula is C55H56BBrCl4F3KO7S4. The smallest absolute Gasteiger partial charge is 0.465 e. The molecule has 21 heteroatoms. The molecule has 76 heavy (non-hydrogen) atoms. The van der Waals surface area contributed by atoms with Crippen molar-refractivity contribution in [2.45, 2.75) is 47.1 Å². The normalized spacial score (nSPS) is 9.49. The molecule has 0 spiro atoms. The molecule has 0 aliphatic heterocycles. The average Bonchev–Trinajstić information content (AvgIpc) is 4.17. The molecule has 0 saturated heterocycles. The first-order valence-corrected chi connectivity index (χ1v) is 27.5. The number of carbonyl (C=O) groups is 3. The molecule has 1 N–H and O–H groups in total. The Morgan fingerprint density at radius 2 is 0.961 bits per heavy atom. The molecule has 0 fully saturated rings. The summed E-state index contributed by atoms with van der Waals surface area (Å²) in [7, 11) is -0.962. The maximum absolute atomic E-state index is 11.4. The van der Waals surface area contributed by atoms with Gasteiger partial charge in [-0.1, -0.05) is 151 Å². The van der Waals surface area contributed by atoms with E-state index in [1.54, 1.807) is 12.1 Å². The van der Waals surface area contributed by atoms with Crippen molar-refractivity contribution in [3.63, 3.8) is 0 Å². The standard InChI is InChI=1S/C13H11ClO2S.C12H11ClOS.C12H9ClOS.C7H7.C6H4BrClO2S.C4H10O.CH4.BF3.K/c1-16-13(15)11-8-10(12(14)17-11)7-9-5-3-2-4-6-9;2*13-12-10(7-11(8-14)15-12)6-9-4-2-1-3-5-9;1-7-5-3-2-4-6-7;1-10-6(9)4-2-3(7)5(8)11-4;1-3-5-4-2;;2-1(3)4;/h2-6,8H,7H2,1H3;1-5,7,14H,6,8H2;1-5,7-8H,6H2;2-6H,1H2;2H,1H3;3-4H2,1-2H3;1H4;;/q;;;-1;;;;;+1. The predicted octanol–water partition coefficient (Wildman–Crippen LogP) is 15.5. The molecule has 8 aromatic rings. The van der Waals surface area contributed by atoms with Gasteiger partial charge in [-0.3, -0.25) is 17.7 Å². The number of thiophene rings is 4. The van der Waals surface area contributed by atoms with Gasteiger partial charge in [-0.15, -0.1) is 57.5 Å². The van der Waals surface area contributed by atoms with Crippen molar-refractivity contribution < 1.29 is 98.0 Å². The molecule has 7 nitrogen and oxygen atoms in total. The van der Waals surface area contributed by atoms with Gasteiger partial charge in [0.25, 0.3) is 0 Å². The number of ether oxygens (including phenoxy) is 3. The number of benzene rings is 4. The van der Waals surface area contributed by atoms with Crippen LogP contribution in [-0.4, -0.2) is 58.3 Å². The van der Waals surface area contributed by atoms with Gasteiger partial charge in [-0.05, 0) is 107 Å². The fraction of sp³-hybridized carbons (Fsp3) is 0.200. The van der Waals surface area contributed by atoms with Gasteiger partial charge in [0, 0.05) is 22.6 Å². The van der Waals surface area contributed by atoms with E-state index >= 15 is 0 Å². The predicted molar refractivity (Wildman–Crippen MR) is 316 cm³/mol. The molecule has 0 amide bonds. The van der Waals surface area contributed by atoms with Crippen LogP contribution in [0.3, 0.4) is 0 Å². The summed E-state index contributed by atoms with van der Waals surface area (Å²) in [6, 6.07) is 47.4. The number of aliphatic hydroxyl groups is 1. The SMILES string of the molecule is C.CCOCC.COC(=O)c1cc(Br)c(Cl)s1.COC(=O)c1cc(Cc2ccccc2)c(Cl)s1.FB(F)F.O=Cc1cc(Cc2ccccc2)c(Cl)s1.OCc1cc(Cc2ccccc2)c(Cl)s1.[CH2-]c1ccccc1.[K+].